The number of nitrogen functional groups attached to an aromatic ring is 1. The van der Waals surface area contributed by atoms with Crippen molar-refractivity contribution in [3.8, 4) is 0 Å². The lowest BCUT2D eigenvalue weighted by Crippen LogP contribution is -2.27. The Morgan fingerprint density at radius 1 is 1.32 bits per heavy atom. The Labute approximate surface area is 126 Å². The van der Waals surface area contributed by atoms with Gasteiger partial charge in [-0.2, -0.15) is 4.94 Å². The van der Waals surface area contributed by atoms with Gasteiger partial charge in [-0.15, -0.1) is 0 Å². The largest absolute Gasteiger partial charge is 0.389 e. The molecule has 6 nitrogen and oxygen atoms in total. The summed E-state index contributed by atoms with van der Waals surface area (Å²) in [6, 6.07) is 7.49. The first-order valence-electron chi connectivity index (χ1n) is 6.90. The number of anilines is 1. The van der Waals surface area contributed by atoms with Crippen LogP contribution in [0, 0.1) is 0 Å². The average Bonchev–Trinajstić information content (AvgIpc) is 2.77. The van der Waals surface area contributed by atoms with Gasteiger partial charge in [0, 0.05) is 5.39 Å². The van der Waals surface area contributed by atoms with Crippen LogP contribution < -0.4 is 5.73 Å². The quantitative estimate of drug-likeness (QED) is 0.772. The van der Waals surface area contributed by atoms with Crippen LogP contribution in [0.25, 0.3) is 21.9 Å². The summed E-state index contributed by atoms with van der Waals surface area (Å²) >= 11 is 0. The average molecular weight is 304 g/mol. The Morgan fingerprint density at radius 2 is 2.05 bits per heavy atom. The number of hydrogen-bond donors (Lipinski definition) is 2. The van der Waals surface area contributed by atoms with Gasteiger partial charge in [0.25, 0.3) is 0 Å². The van der Waals surface area contributed by atoms with Crippen LogP contribution in [-0.2, 0) is 18.1 Å². The topological polar surface area (TPSA) is 86.2 Å². The van der Waals surface area contributed by atoms with E-state index in [9.17, 15) is 9.63 Å². The zero-order valence-electron chi connectivity index (χ0n) is 12.4. The molecule has 0 atom stereocenters. The predicted molar refractivity (Wildman–Crippen MR) is 81.6 cm³/mol. The first-order chi connectivity index (χ1) is 10.4. The van der Waals surface area contributed by atoms with Gasteiger partial charge in [-0.05, 0) is 24.4 Å². The van der Waals surface area contributed by atoms with Gasteiger partial charge in [0.1, 0.15) is 17.9 Å². The van der Waals surface area contributed by atoms with Gasteiger partial charge >= 0.3 is 0 Å². The Morgan fingerprint density at radius 3 is 2.73 bits per heavy atom. The summed E-state index contributed by atoms with van der Waals surface area (Å²) in [6.07, 6.45) is 0. The third-order valence-electron chi connectivity index (χ3n) is 3.42. The molecular weight excluding hydrogens is 287 g/mol. The van der Waals surface area contributed by atoms with Crippen molar-refractivity contribution < 1.29 is 14.6 Å². The van der Waals surface area contributed by atoms with E-state index < -0.39 is 5.60 Å². The second-order valence-corrected chi connectivity index (χ2v) is 5.89. The van der Waals surface area contributed by atoms with E-state index in [1.807, 2.05) is 24.3 Å². The molecule has 3 aromatic rings. The maximum atomic E-state index is 12.4. The van der Waals surface area contributed by atoms with Gasteiger partial charge in [0.2, 0.25) is 0 Å². The molecule has 0 aliphatic carbocycles. The summed E-state index contributed by atoms with van der Waals surface area (Å²) in [5.41, 5.74) is 6.90. The standard InChI is InChI=1S/C15H17FN4O2/c1-15(2,21)8-20-11(7-22-16)19-12-13(20)9-5-3-4-6-10(9)18-14(12)17/h3-6,21H,7-8H2,1-2H3,(H2,17,18). The molecule has 0 fully saturated rings. The van der Waals surface area contributed by atoms with E-state index in [-0.39, 0.29) is 19.0 Å². The normalized spacial score (nSPS) is 12.4. The highest BCUT2D eigenvalue weighted by Gasteiger charge is 2.22. The molecule has 116 valence electrons. The molecule has 0 unspecified atom stereocenters. The van der Waals surface area contributed by atoms with Gasteiger partial charge in [-0.25, -0.2) is 9.97 Å². The number of hydrogen-bond acceptors (Lipinski definition) is 5. The maximum absolute atomic E-state index is 12.4. The molecule has 7 heteroatoms. The molecule has 0 aliphatic heterocycles. The maximum Gasteiger partial charge on any atom is 0.152 e. The van der Waals surface area contributed by atoms with Crippen LogP contribution in [0.2, 0.25) is 0 Å². The molecule has 0 bridgehead atoms. The smallest absolute Gasteiger partial charge is 0.152 e. The Hall–Kier alpha value is -2.25. The Bertz CT molecular complexity index is 839. The van der Waals surface area contributed by atoms with E-state index in [4.69, 9.17) is 5.73 Å². The number of aliphatic hydroxyl groups is 1. The first kappa shape index (κ1) is 14.7. The molecule has 0 aliphatic rings. The number of imidazole rings is 1. The number of aromatic nitrogens is 3. The third kappa shape index (κ3) is 2.49. The van der Waals surface area contributed by atoms with Crippen LogP contribution in [0.5, 0.6) is 0 Å². The van der Waals surface area contributed by atoms with E-state index in [2.05, 4.69) is 14.9 Å². The van der Waals surface area contributed by atoms with E-state index in [0.717, 1.165) is 16.4 Å². The SMILES string of the molecule is CC(C)(O)Cn1c(COF)nc2c(N)nc3ccccc3c21. The lowest BCUT2D eigenvalue weighted by atomic mass is 10.1. The van der Waals surface area contributed by atoms with Gasteiger partial charge < -0.3 is 15.4 Å². The molecule has 22 heavy (non-hydrogen) atoms. The number of halogens is 1. The highest BCUT2D eigenvalue weighted by atomic mass is 19.3. The number of nitrogens with two attached hydrogens (primary N) is 1. The lowest BCUT2D eigenvalue weighted by Gasteiger charge is -2.20. The van der Waals surface area contributed by atoms with Crippen LogP contribution in [0.3, 0.4) is 0 Å². The second kappa shape index (κ2) is 5.19. The molecule has 3 N–H and O–H groups in total. The number of rotatable bonds is 4. The fraction of sp³-hybridized carbons (Fsp3) is 0.333. The van der Waals surface area contributed by atoms with Crippen molar-refractivity contribution in [2.24, 2.45) is 0 Å². The monoisotopic (exact) mass is 304 g/mol. The number of nitrogens with zero attached hydrogens (tertiary/aromatic N) is 3. The van der Waals surface area contributed by atoms with Gasteiger partial charge in [0.15, 0.2) is 5.82 Å². The van der Waals surface area contributed by atoms with Crippen LogP contribution in [0.15, 0.2) is 24.3 Å². The minimum atomic E-state index is -1.00. The van der Waals surface area contributed by atoms with Crippen molar-refractivity contribution in [3.05, 3.63) is 30.1 Å². The minimum Gasteiger partial charge on any atom is -0.389 e. The number of benzene rings is 1. The van der Waals surface area contributed by atoms with Crippen molar-refractivity contribution in [2.45, 2.75) is 32.6 Å². The Kier molecular flexibility index (Phi) is 3.46. The first-order valence-corrected chi connectivity index (χ1v) is 6.90. The minimum absolute atomic E-state index is 0.232. The number of fused-ring (bicyclic) bond motifs is 3. The van der Waals surface area contributed by atoms with Gasteiger partial charge in [-0.1, -0.05) is 18.2 Å². The van der Waals surface area contributed by atoms with Crippen molar-refractivity contribution in [3.63, 3.8) is 0 Å². The summed E-state index contributed by atoms with van der Waals surface area (Å²) in [4.78, 5) is 12.4. The van der Waals surface area contributed by atoms with Crippen molar-refractivity contribution >= 4 is 27.8 Å². The number of para-hydroxylation sites is 1. The molecule has 0 radical (unpaired) electrons. The molecule has 0 saturated heterocycles. The molecule has 0 spiro atoms. The van der Waals surface area contributed by atoms with Gasteiger partial charge in [0.05, 0.1) is 23.2 Å². The zero-order valence-corrected chi connectivity index (χ0v) is 12.4. The van der Waals surface area contributed by atoms with E-state index >= 15 is 0 Å². The van der Waals surface area contributed by atoms with Crippen molar-refractivity contribution in [1.29, 1.82) is 0 Å². The van der Waals surface area contributed by atoms with E-state index in [1.165, 1.54) is 0 Å². The predicted octanol–water partition coefficient (Wildman–Crippen LogP) is 2.34. The fourth-order valence-electron chi connectivity index (χ4n) is 2.62. The molecule has 1 aromatic carbocycles. The molecular formula is C15H17FN4O2. The summed E-state index contributed by atoms with van der Waals surface area (Å²) in [6.45, 7) is 3.26. The Balaban J connectivity index is 2.39. The highest BCUT2D eigenvalue weighted by Crippen LogP contribution is 2.30. The summed E-state index contributed by atoms with van der Waals surface area (Å²) in [5, 5.41) is 11.0. The third-order valence-corrected chi connectivity index (χ3v) is 3.42. The van der Waals surface area contributed by atoms with Crippen LogP contribution in [-0.4, -0.2) is 25.2 Å². The molecule has 2 aromatic heterocycles. The van der Waals surface area contributed by atoms with Gasteiger partial charge in [-0.3, -0.25) is 0 Å². The zero-order chi connectivity index (χ0) is 15.9. The second-order valence-electron chi connectivity index (χ2n) is 5.89. The van der Waals surface area contributed by atoms with Crippen molar-refractivity contribution in [2.75, 3.05) is 5.73 Å². The number of pyridine rings is 1. The molecule has 0 saturated carbocycles. The molecule has 0 amide bonds. The highest BCUT2D eigenvalue weighted by molar-refractivity contribution is 6.06. The fourth-order valence-corrected chi connectivity index (χ4v) is 2.62. The lowest BCUT2D eigenvalue weighted by molar-refractivity contribution is -0.147. The van der Waals surface area contributed by atoms with E-state index in [0.29, 0.717) is 11.3 Å². The van der Waals surface area contributed by atoms with Crippen LogP contribution >= 0.6 is 0 Å². The molecule has 2 heterocycles. The summed E-state index contributed by atoms with van der Waals surface area (Å²) < 4.78 is 14.1. The van der Waals surface area contributed by atoms with E-state index in [1.54, 1.807) is 18.4 Å². The van der Waals surface area contributed by atoms with Crippen LogP contribution in [0.1, 0.15) is 19.7 Å². The molecule has 3 rings (SSSR count). The summed E-state index contributed by atoms with van der Waals surface area (Å²) in [5.74, 6) is 0.618. The van der Waals surface area contributed by atoms with Crippen molar-refractivity contribution in [1.82, 2.24) is 14.5 Å². The summed E-state index contributed by atoms with van der Waals surface area (Å²) in [7, 11) is 0. The van der Waals surface area contributed by atoms with Crippen LogP contribution in [0.4, 0.5) is 10.3 Å².